The number of amides is 4. The Bertz CT molecular complexity index is 3120. The van der Waals surface area contributed by atoms with Crippen LogP contribution in [0.25, 0.3) is 32.9 Å². The van der Waals surface area contributed by atoms with Gasteiger partial charge in [0.05, 0.1) is 30.4 Å². The third-order valence-corrected chi connectivity index (χ3v) is 16.5. The highest BCUT2D eigenvalue weighted by Gasteiger charge is 2.46. The Labute approximate surface area is 433 Å². The molecule has 11 rings (SSSR count). The second-order valence-electron chi connectivity index (χ2n) is 21.5. The van der Waals surface area contributed by atoms with E-state index >= 15 is 8.78 Å². The molecule has 0 radical (unpaired) electrons. The number of ether oxygens (including phenoxy) is 2. The van der Waals surface area contributed by atoms with Crippen LogP contribution in [0, 0.1) is 41.2 Å². The molecule has 5 aromatic rings. The molecule has 6 fully saturated rings. The lowest BCUT2D eigenvalue weighted by Gasteiger charge is -2.45. The largest absolute Gasteiger partial charge is 0.508 e. The fourth-order valence-corrected chi connectivity index (χ4v) is 12.5. The number of imide groups is 1. The summed E-state index contributed by atoms with van der Waals surface area (Å²) in [6.45, 7) is 10.1. The number of aromatic hydroxyl groups is 1. The average molecular weight is 1030 g/mol. The minimum absolute atomic E-state index is 0.00527. The van der Waals surface area contributed by atoms with Crippen molar-refractivity contribution < 1.29 is 42.5 Å². The molecule has 3 unspecified atom stereocenters. The number of anilines is 2. The lowest BCUT2D eigenvalue weighted by molar-refractivity contribution is -0.136. The Balaban J connectivity index is 0.691. The molecule has 1 aliphatic carbocycles. The van der Waals surface area contributed by atoms with E-state index in [1.165, 1.54) is 42.5 Å². The van der Waals surface area contributed by atoms with Crippen molar-refractivity contribution in [2.45, 2.75) is 70.4 Å². The second kappa shape index (κ2) is 20.6. The number of nitrogens with one attached hydrogen (secondary N) is 2. The van der Waals surface area contributed by atoms with E-state index in [1.54, 1.807) is 23.1 Å². The number of likely N-dealkylation sites (tertiary alicyclic amines) is 1. The van der Waals surface area contributed by atoms with E-state index in [0.717, 1.165) is 65.0 Å². The van der Waals surface area contributed by atoms with Gasteiger partial charge in [0.25, 0.3) is 5.91 Å². The number of methoxy groups -OCH3 is 1. The maximum absolute atomic E-state index is 17.1. The van der Waals surface area contributed by atoms with Crippen molar-refractivity contribution in [3.05, 3.63) is 71.4 Å². The molecule has 4 amide bonds. The van der Waals surface area contributed by atoms with Crippen molar-refractivity contribution in [3.63, 3.8) is 0 Å². The van der Waals surface area contributed by atoms with Gasteiger partial charge in [0.2, 0.25) is 5.91 Å². The monoisotopic (exact) mass is 1020 g/mol. The van der Waals surface area contributed by atoms with Crippen LogP contribution in [0.5, 0.6) is 17.5 Å². The highest BCUT2D eigenvalue weighted by molar-refractivity contribution is 6.07. The van der Waals surface area contributed by atoms with Crippen molar-refractivity contribution in [1.82, 2.24) is 40.3 Å². The van der Waals surface area contributed by atoms with Crippen LogP contribution < -0.4 is 29.9 Å². The summed E-state index contributed by atoms with van der Waals surface area (Å²) in [5, 5.41) is 17.8. The normalized spacial score (nSPS) is 22.7. The molecule has 4 atom stereocenters. The zero-order chi connectivity index (χ0) is 52.1. The molecular weight excluding hydrogens is 963 g/mol. The standard InChI is InChI=1S/C56H62F2N10O7/c1-4-40-43(57)9-5-35-24-39(69)26-41(48(35)40)50-49(58)51-42(27-59-50)52(67-30-37-7-8-38(31-67)60-37)63-54(62-51)75-32-33(2)28-64-19-21-65(22-20-64)29-34-11-13-56(46(70)23-34)14-17-66(18-15-56)53(72)36-6-10-45(74-3)44(25-36)68-16-12-47(71)61-55(68)73/h1,5-6,9-10,24-27,33-34,37-38,60,69H,7-8,11-23,28-32H2,2-3H3,(H,61,71,73)/t33-,34?,37?,38?/m1/s1. The predicted octanol–water partition coefficient (Wildman–Crippen LogP) is 6.13. The van der Waals surface area contributed by atoms with Gasteiger partial charge in [0.1, 0.15) is 40.1 Å². The van der Waals surface area contributed by atoms with Crippen LogP contribution >= 0.6 is 0 Å². The van der Waals surface area contributed by atoms with Gasteiger partial charge in [0.15, 0.2) is 5.82 Å². The predicted molar refractivity (Wildman–Crippen MR) is 278 cm³/mol. The molecule has 2 bridgehead atoms. The highest BCUT2D eigenvalue weighted by atomic mass is 19.1. The molecule has 17 nitrogen and oxygen atoms in total. The number of carbonyl (C=O) groups excluding carboxylic acids is 4. The summed E-state index contributed by atoms with van der Waals surface area (Å²) >= 11 is 0. The summed E-state index contributed by atoms with van der Waals surface area (Å²) in [4.78, 5) is 76.5. The van der Waals surface area contributed by atoms with Gasteiger partial charge in [-0.15, -0.1) is 6.42 Å². The van der Waals surface area contributed by atoms with E-state index in [1.807, 2.05) is 0 Å². The molecule has 2 aromatic heterocycles. The van der Waals surface area contributed by atoms with Crippen molar-refractivity contribution in [2.75, 3.05) is 95.5 Å². The second-order valence-corrected chi connectivity index (χ2v) is 21.5. The van der Waals surface area contributed by atoms with E-state index in [0.29, 0.717) is 91.4 Å². The molecule has 7 heterocycles. The van der Waals surface area contributed by atoms with Gasteiger partial charge in [0, 0.05) is 131 Å². The Hall–Kier alpha value is -7.01. The molecule has 6 aliphatic rings. The molecular formula is C56H62F2N10O7. The van der Waals surface area contributed by atoms with Crippen LogP contribution in [-0.4, -0.2) is 156 Å². The van der Waals surface area contributed by atoms with E-state index in [9.17, 15) is 24.3 Å². The molecule has 75 heavy (non-hydrogen) atoms. The Morgan fingerprint density at radius 2 is 1.71 bits per heavy atom. The number of terminal acetylenes is 1. The summed E-state index contributed by atoms with van der Waals surface area (Å²) in [5.41, 5.74) is 0.398. The number of phenols is 1. The lowest BCUT2D eigenvalue weighted by Crippen LogP contribution is -2.51. The lowest BCUT2D eigenvalue weighted by atomic mass is 9.64. The number of piperidine rings is 1. The van der Waals surface area contributed by atoms with Crippen LogP contribution in [0.2, 0.25) is 0 Å². The van der Waals surface area contributed by atoms with Crippen molar-refractivity contribution >= 4 is 56.8 Å². The number of Topliss-reactive ketones (excluding diaryl/α,β-unsaturated/α-hetero) is 1. The van der Waals surface area contributed by atoms with E-state index < -0.39 is 23.1 Å². The first-order chi connectivity index (χ1) is 36.3. The summed E-state index contributed by atoms with van der Waals surface area (Å²) in [6.07, 6.45) is 13.1. The number of hydrogen-bond acceptors (Lipinski definition) is 14. The number of fused-ring (bicyclic) bond motifs is 4. The summed E-state index contributed by atoms with van der Waals surface area (Å²) in [5.74, 6) is 1.97. The molecule has 392 valence electrons. The van der Waals surface area contributed by atoms with Gasteiger partial charge in [-0.1, -0.05) is 18.9 Å². The zero-order valence-electron chi connectivity index (χ0n) is 42.4. The van der Waals surface area contributed by atoms with Crippen LogP contribution in [0.4, 0.5) is 25.1 Å². The first-order valence-corrected chi connectivity index (χ1v) is 26.2. The van der Waals surface area contributed by atoms with E-state index in [-0.39, 0.29) is 88.2 Å². The quantitative estimate of drug-likeness (QED) is 0.121. The maximum Gasteiger partial charge on any atom is 0.328 e. The van der Waals surface area contributed by atoms with Crippen LogP contribution in [0.15, 0.2) is 48.7 Å². The van der Waals surface area contributed by atoms with Crippen LogP contribution in [0.3, 0.4) is 0 Å². The Morgan fingerprint density at radius 3 is 2.43 bits per heavy atom. The number of benzene rings is 3. The number of piperazine rings is 2. The fraction of sp³-hybridized carbons (Fsp3) is 0.482. The molecule has 3 N–H and O–H groups in total. The Kier molecular flexibility index (Phi) is 13.8. The summed E-state index contributed by atoms with van der Waals surface area (Å²) in [6, 6.07) is 10.5. The maximum atomic E-state index is 17.1. The van der Waals surface area contributed by atoms with Crippen molar-refractivity contribution in [1.29, 1.82) is 0 Å². The number of urea groups is 1. The smallest absolute Gasteiger partial charge is 0.328 e. The van der Waals surface area contributed by atoms with Gasteiger partial charge in [-0.05, 0) is 86.2 Å². The van der Waals surface area contributed by atoms with E-state index in [4.69, 9.17) is 20.9 Å². The number of halogens is 2. The number of ketones is 1. The van der Waals surface area contributed by atoms with E-state index in [2.05, 4.69) is 48.1 Å². The van der Waals surface area contributed by atoms with Crippen molar-refractivity contribution in [3.8, 4) is 41.1 Å². The SMILES string of the molecule is C#Cc1c(F)ccc2cc(O)cc(-c3ncc4c(N5CC6CCC(C5)N6)nc(OC[C@H](C)CN5CCN(CC6CCC7(CCN(C(=O)c8ccc(OC)c(N9CCC(=O)NC9=O)c8)CC7)C(=O)C6)CC5)nc4c3F)c12. The van der Waals surface area contributed by atoms with Gasteiger partial charge in [-0.2, -0.15) is 9.97 Å². The average Bonchev–Trinajstić information content (AvgIpc) is 3.75. The van der Waals surface area contributed by atoms with Crippen LogP contribution in [-0.2, 0) is 9.59 Å². The number of rotatable bonds is 12. The van der Waals surface area contributed by atoms with Gasteiger partial charge < -0.3 is 39.5 Å². The number of carbonyl (C=O) groups is 4. The highest BCUT2D eigenvalue weighted by Crippen LogP contribution is 2.45. The summed E-state index contributed by atoms with van der Waals surface area (Å²) < 4.78 is 43.9. The number of phenolic OH excluding ortho intramolecular Hbond substituents is 1. The minimum Gasteiger partial charge on any atom is -0.508 e. The molecule has 3 aromatic carbocycles. The number of aromatic nitrogens is 3. The molecule has 5 saturated heterocycles. The minimum atomic E-state index is -0.759. The Morgan fingerprint density at radius 1 is 0.947 bits per heavy atom. The molecule has 1 saturated carbocycles. The fourth-order valence-electron chi connectivity index (χ4n) is 12.5. The van der Waals surface area contributed by atoms with Crippen molar-refractivity contribution in [2.24, 2.45) is 17.3 Å². The van der Waals surface area contributed by atoms with Crippen LogP contribution in [0.1, 0.15) is 74.2 Å². The van der Waals surface area contributed by atoms with Gasteiger partial charge in [-0.3, -0.25) is 29.6 Å². The third kappa shape index (κ3) is 9.91. The number of nitrogens with zero attached hydrogens (tertiary/aromatic N) is 8. The summed E-state index contributed by atoms with van der Waals surface area (Å²) in [7, 11) is 1.49. The molecule has 19 heteroatoms. The van der Waals surface area contributed by atoms with Gasteiger partial charge in [-0.25, -0.2) is 13.6 Å². The van der Waals surface area contributed by atoms with Gasteiger partial charge >= 0.3 is 12.0 Å². The molecule has 1 spiro atoms. The first-order valence-electron chi connectivity index (χ1n) is 26.2. The molecule has 5 aliphatic heterocycles. The first kappa shape index (κ1) is 50.2. The number of pyridine rings is 1. The third-order valence-electron chi connectivity index (χ3n) is 16.5. The zero-order valence-corrected chi connectivity index (χ0v) is 42.4. The number of hydrogen-bond donors (Lipinski definition) is 3. The topological polar surface area (TPSA) is 186 Å².